The number of aryl methyl sites for hydroxylation is 1. The van der Waals surface area contributed by atoms with Crippen LogP contribution in [0, 0.1) is 11.3 Å². The molecule has 1 aliphatic rings. The first-order valence-electron chi connectivity index (χ1n) is 5.92. The Labute approximate surface area is 99.7 Å². The quantitative estimate of drug-likeness (QED) is 0.854. The predicted octanol–water partition coefficient (Wildman–Crippen LogP) is 1.50. The van der Waals surface area contributed by atoms with E-state index in [-0.39, 0.29) is 6.42 Å². The summed E-state index contributed by atoms with van der Waals surface area (Å²) >= 11 is 0. The monoisotopic (exact) mass is 233 g/mol. The van der Waals surface area contributed by atoms with Crippen LogP contribution >= 0.6 is 0 Å². The fourth-order valence-corrected chi connectivity index (χ4v) is 2.30. The minimum absolute atomic E-state index is 0.157. The van der Waals surface area contributed by atoms with Crippen LogP contribution in [-0.4, -0.2) is 20.6 Å². The minimum atomic E-state index is -0.782. The van der Waals surface area contributed by atoms with Crippen molar-refractivity contribution < 1.29 is 9.90 Å². The van der Waals surface area contributed by atoms with Crippen molar-refractivity contribution >= 4 is 5.97 Å². The maximum absolute atomic E-state index is 10.5. The van der Waals surface area contributed by atoms with Gasteiger partial charge in [0.25, 0.3) is 0 Å². The van der Waals surface area contributed by atoms with E-state index in [1.165, 1.54) is 0 Å². The van der Waals surface area contributed by atoms with Gasteiger partial charge in [-0.2, -0.15) is 5.26 Å². The molecule has 90 valence electrons. The third kappa shape index (κ3) is 2.47. The van der Waals surface area contributed by atoms with Gasteiger partial charge >= 0.3 is 5.97 Å². The first kappa shape index (κ1) is 11.6. The van der Waals surface area contributed by atoms with Crippen molar-refractivity contribution in [1.29, 1.82) is 5.26 Å². The van der Waals surface area contributed by atoms with Gasteiger partial charge in [-0.05, 0) is 25.7 Å². The molecule has 0 atom stereocenters. The SMILES string of the molecule is N#Cc1nc(CCCC(=O)O)n2c1CCCC2. The number of nitriles is 1. The molecule has 1 aromatic heterocycles. The molecule has 2 heterocycles. The smallest absolute Gasteiger partial charge is 0.303 e. The predicted molar refractivity (Wildman–Crippen MR) is 60.5 cm³/mol. The maximum atomic E-state index is 10.5. The second-order valence-corrected chi connectivity index (χ2v) is 4.29. The van der Waals surface area contributed by atoms with Crippen LogP contribution in [0.15, 0.2) is 0 Å². The van der Waals surface area contributed by atoms with E-state index in [2.05, 4.69) is 15.6 Å². The Morgan fingerprint density at radius 1 is 1.53 bits per heavy atom. The Hall–Kier alpha value is -1.83. The van der Waals surface area contributed by atoms with Gasteiger partial charge in [-0.25, -0.2) is 4.98 Å². The van der Waals surface area contributed by atoms with Crippen molar-refractivity contribution in [3.63, 3.8) is 0 Å². The van der Waals surface area contributed by atoms with Crippen LogP contribution in [0.2, 0.25) is 0 Å². The number of rotatable bonds is 4. The van der Waals surface area contributed by atoms with E-state index in [9.17, 15) is 4.79 Å². The Bertz CT molecular complexity index is 471. The van der Waals surface area contributed by atoms with Gasteiger partial charge in [-0.15, -0.1) is 0 Å². The number of carbonyl (C=O) groups is 1. The molecular formula is C12H15N3O2. The number of hydrogen-bond donors (Lipinski definition) is 1. The molecule has 1 aliphatic heterocycles. The Kier molecular flexibility index (Phi) is 3.43. The van der Waals surface area contributed by atoms with Crippen molar-refractivity contribution in [2.24, 2.45) is 0 Å². The molecule has 0 bridgehead atoms. The van der Waals surface area contributed by atoms with Crippen molar-refractivity contribution in [3.8, 4) is 6.07 Å². The molecule has 0 saturated carbocycles. The first-order valence-corrected chi connectivity index (χ1v) is 5.92. The lowest BCUT2D eigenvalue weighted by Crippen LogP contribution is -2.13. The van der Waals surface area contributed by atoms with E-state index >= 15 is 0 Å². The summed E-state index contributed by atoms with van der Waals surface area (Å²) in [5, 5.41) is 17.6. The van der Waals surface area contributed by atoms with Gasteiger partial charge in [0, 0.05) is 19.4 Å². The normalized spacial score (nSPS) is 14.1. The standard InChI is InChI=1S/C12H15N3O2/c13-8-9-10-4-1-2-7-15(10)11(14-9)5-3-6-12(16)17/h1-7H2,(H,16,17). The first-order chi connectivity index (χ1) is 8.22. The summed E-state index contributed by atoms with van der Waals surface area (Å²) in [5.41, 5.74) is 1.55. The fraction of sp³-hybridized carbons (Fsp3) is 0.583. The van der Waals surface area contributed by atoms with Gasteiger partial charge in [0.05, 0.1) is 5.69 Å². The second-order valence-electron chi connectivity index (χ2n) is 4.29. The van der Waals surface area contributed by atoms with Gasteiger partial charge in [-0.1, -0.05) is 0 Å². The number of aliphatic carboxylic acids is 1. The van der Waals surface area contributed by atoms with E-state index in [1.54, 1.807) is 0 Å². The van der Waals surface area contributed by atoms with E-state index < -0.39 is 5.97 Å². The van der Waals surface area contributed by atoms with Gasteiger partial charge in [-0.3, -0.25) is 4.79 Å². The lowest BCUT2D eigenvalue weighted by atomic mass is 10.1. The molecule has 0 aliphatic carbocycles. The van der Waals surface area contributed by atoms with Gasteiger partial charge in [0.1, 0.15) is 11.9 Å². The Balaban J connectivity index is 2.14. The van der Waals surface area contributed by atoms with Crippen molar-refractivity contribution in [1.82, 2.24) is 9.55 Å². The number of hydrogen-bond acceptors (Lipinski definition) is 3. The summed E-state index contributed by atoms with van der Waals surface area (Å²) in [5.74, 6) is 0.0911. The number of imidazole rings is 1. The highest BCUT2D eigenvalue weighted by molar-refractivity contribution is 5.66. The third-order valence-electron chi connectivity index (χ3n) is 3.09. The maximum Gasteiger partial charge on any atom is 0.303 e. The van der Waals surface area contributed by atoms with E-state index in [0.717, 1.165) is 37.3 Å². The summed E-state index contributed by atoms with van der Waals surface area (Å²) in [6.45, 7) is 0.909. The number of carboxylic acids is 1. The molecule has 5 nitrogen and oxygen atoms in total. The van der Waals surface area contributed by atoms with Gasteiger partial charge in [0.2, 0.25) is 0 Å². The average molecular weight is 233 g/mol. The molecular weight excluding hydrogens is 218 g/mol. The average Bonchev–Trinajstić information content (AvgIpc) is 2.68. The molecule has 1 N–H and O–H groups in total. The highest BCUT2D eigenvalue weighted by Crippen LogP contribution is 2.21. The lowest BCUT2D eigenvalue weighted by Gasteiger charge is -2.16. The minimum Gasteiger partial charge on any atom is -0.481 e. The van der Waals surface area contributed by atoms with Gasteiger partial charge < -0.3 is 9.67 Å². The lowest BCUT2D eigenvalue weighted by molar-refractivity contribution is -0.137. The molecule has 0 saturated heterocycles. The molecule has 0 amide bonds. The summed E-state index contributed by atoms with van der Waals surface area (Å²) in [4.78, 5) is 14.8. The van der Waals surface area contributed by atoms with Crippen LogP contribution in [0.4, 0.5) is 0 Å². The summed E-state index contributed by atoms with van der Waals surface area (Å²) in [6.07, 6.45) is 4.51. The van der Waals surface area contributed by atoms with Crippen LogP contribution in [0.5, 0.6) is 0 Å². The molecule has 0 aromatic carbocycles. The zero-order valence-corrected chi connectivity index (χ0v) is 9.65. The molecule has 17 heavy (non-hydrogen) atoms. The van der Waals surface area contributed by atoms with Crippen LogP contribution in [0.3, 0.4) is 0 Å². The van der Waals surface area contributed by atoms with Gasteiger partial charge in [0.15, 0.2) is 5.69 Å². The van der Waals surface area contributed by atoms with E-state index in [0.29, 0.717) is 18.5 Å². The highest BCUT2D eigenvalue weighted by atomic mass is 16.4. The van der Waals surface area contributed by atoms with Crippen molar-refractivity contribution in [3.05, 3.63) is 17.2 Å². The fourth-order valence-electron chi connectivity index (χ4n) is 2.30. The van der Waals surface area contributed by atoms with Crippen molar-refractivity contribution in [2.75, 3.05) is 0 Å². The third-order valence-corrected chi connectivity index (χ3v) is 3.09. The Morgan fingerprint density at radius 3 is 3.06 bits per heavy atom. The van der Waals surface area contributed by atoms with Crippen molar-refractivity contribution in [2.45, 2.75) is 45.1 Å². The summed E-state index contributed by atoms with van der Waals surface area (Å²) < 4.78 is 2.10. The van der Waals surface area contributed by atoms with Crippen LogP contribution in [0.1, 0.15) is 42.9 Å². The second kappa shape index (κ2) is 5.00. The molecule has 0 spiro atoms. The zero-order chi connectivity index (χ0) is 12.3. The molecule has 0 unspecified atom stereocenters. The zero-order valence-electron chi connectivity index (χ0n) is 9.65. The van der Waals surface area contributed by atoms with Crippen LogP contribution in [-0.2, 0) is 24.2 Å². The topological polar surface area (TPSA) is 78.9 Å². The summed E-state index contributed by atoms with van der Waals surface area (Å²) in [7, 11) is 0. The molecule has 1 aromatic rings. The van der Waals surface area contributed by atoms with E-state index in [1.807, 2.05) is 0 Å². The molecule has 0 radical (unpaired) electrons. The number of nitrogens with zero attached hydrogens (tertiary/aromatic N) is 3. The highest BCUT2D eigenvalue weighted by Gasteiger charge is 2.19. The molecule has 2 rings (SSSR count). The summed E-state index contributed by atoms with van der Waals surface area (Å²) in [6, 6.07) is 2.13. The number of aromatic nitrogens is 2. The number of fused-ring (bicyclic) bond motifs is 1. The number of carboxylic acid groups (broad SMARTS) is 1. The molecule has 0 fully saturated rings. The Morgan fingerprint density at radius 2 is 2.35 bits per heavy atom. The van der Waals surface area contributed by atoms with Crippen LogP contribution < -0.4 is 0 Å². The van der Waals surface area contributed by atoms with E-state index in [4.69, 9.17) is 10.4 Å². The molecule has 5 heteroatoms. The largest absolute Gasteiger partial charge is 0.481 e. The van der Waals surface area contributed by atoms with Crippen LogP contribution in [0.25, 0.3) is 0 Å².